The van der Waals surface area contributed by atoms with Gasteiger partial charge in [-0.05, 0) is 61.0 Å². The Labute approximate surface area is 174 Å². The maximum atomic E-state index is 14.7. The average molecular weight is 459 g/mol. The molecule has 0 saturated heterocycles. The second-order valence-corrected chi connectivity index (χ2v) is 7.16. The van der Waals surface area contributed by atoms with Gasteiger partial charge in [0.1, 0.15) is 17.3 Å². The lowest BCUT2D eigenvalue weighted by Gasteiger charge is -2.11. The molecule has 3 aromatic rings. The number of nitro benzene ring substituents is 1. The van der Waals surface area contributed by atoms with E-state index >= 15 is 0 Å². The normalized spacial score (nSPS) is 10.5. The summed E-state index contributed by atoms with van der Waals surface area (Å²) in [5, 5.41) is 14.1. The van der Waals surface area contributed by atoms with Crippen molar-refractivity contribution in [3.8, 4) is 5.75 Å². The summed E-state index contributed by atoms with van der Waals surface area (Å²) >= 11 is 3.19. The van der Waals surface area contributed by atoms with E-state index in [4.69, 9.17) is 4.74 Å². The highest BCUT2D eigenvalue weighted by atomic mass is 79.9. The minimum Gasteiger partial charge on any atom is -0.497 e. The van der Waals surface area contributed by atoms with E-state index in [-0.39, 0.29) is 22.6 Å². The van der Waals surface area contributed by atoms with E-state index in [9.17, 15) is 19.3 Å². The van der Waals surface area contributed by atoms with Crippen LogP contribution in [0, 0.1) is 22.9 Å². The third-order valence-electron chi connectivity index (χ3n) is 4.33. The Morgan fingerprint density at radius 3 is 2.45 bits per heavy atom. The third-order valence-corrected chi connectivity index (χ3v) is 4.82. The van der Waals surface area contributed by atoms with Gasteiger partial charge in [0.05, 0.1) is 17.6 Å². The molecule has 0 heterocycles. The highest BCUT2D eigenvalue weighted by Gasteiger charge is 2.18. The number of halogens is 2. The molecule has 6 nitrogen and oxygen atoms in total. The van der Waals surface area contributed by atoms with Crippen molar-refractivity contribution in [3.63, 3.8) is 0 Å². The van der Waals surface area contributed by atoms with Crippen LogP contribution in [-0.2, 0) is 0 Å². The number of ketones is 1. The summed E-state index contributed by atoms with van der Waals surface area (Å²) in [7, 11) is 1.53. The second kappa shape index (κ2) is 8.40. The number of nitro groups is 1. The van der Waals surface area contributed by atoms with Gasteiger partial charge in [0, 0.05) is 21.8 Å². The smallest absolute Gasteiger partial charge is 0.293 e. The molecule has 0 aromatic heterocycles. The molecule has 0 unspecified atom stereocenters. The fourth-order valence-electron chi connectivity index (χ4n) is 2.86. The molecule has 0 amide bonds. The maximum Gasteiger partial charge on any atom is 0.293 e. The van der Waals surface area contributed by atoms with Crippen LogP contribution in [0.15, 0.2) is 59.1 Å². The Morgan fingerprint density at radius 1 is 1.10 bits per heavy atom. The summed E-state index contributed by atoms with van der Waals surface area (Å²) < 4.78 is 20.3. The molecule has 0 radical (unpaired) electrons. The van der Waals surface area contributed by atoms with E-state index in [1.165, 1.54) is 31.4 Å². The lowest BCUT2D eigenvalue weighted by molar-refractivity contribution is -0.384. The van der Waals surface area contributed by atoms with Crippen LogP contribution >= 0.6 is 15.9 Å². The Balaban J connectivity index is 1.90. The molecule has 0 saturated carbocycles. The number of hydrogen-bond acceptors (Lipinski definition) is 5. The summed E-state index contributed by atoms with van der Waals surface area (Å²) in [6, 6.07) is 13.4. The highest BCUT2D eigenvalue weighted by molar-refractivity contribution is 9.10. The fraction of sp³-hybridized carbons (Fsp3) is 0.0952. The number of aryl methyl sites for hydroxylation is 1. The molecule has 29 heavy (non-hydrogen) atoms. The second-order valence-electron chi connectivity index (χ2n) is 6.25. The number of benzene rings is 3. The zero-order chi connectivity index (χ0) is 21.1. The van der Waals surface area contributed by atoms with Crippen LogP contribution in [0.5, 0.6) is 5.75 Å². The predicted octanol–water partition coefficient (Wildman–Crippen LogP) is 5.79. The van der Waals surface area contributed by atoms with Gasteiger partial charge in [-0.3, -0.25) is 14.9 Å². The quantitative estimate of drug-likeness (QED) is 0.287. The number of anilines is 2. The summed E-state index contributed by atoms with van der Waals surface area (Å²) in [6.07, 6.45) is 0. The molecular formula is C21H16BrFN2O4. The van der Waals surface area contributed by atoms with Gasteiger partial charge < -0.3 is 10.1 Å². The molecule has 0 bridgehead atoms. The molecule has 0 atom stereocenters. The van der Waals surface area contributed by atoms with Crippen LogP contribution in [0.4, 0.5) is 21.5 Å². The Hall–Kier alpha value is -3.26. The van der Waals surface area contributed by atoms with Crippen molar-refractivity contribution >= 4 is 38.8 Å². The van der Waals surface area contributed by atoms with Gasteiger partial charge in [-0.1, -0.05) is 15.9 Å². The van der Waals surface area contributed by atoms with Gasteiger partial charge in [-0.2, -0.15) is 0 Å². The predicted molar refractivity (Wildman–Crippen MR) is 112 cm³/mol. The zero-order valence-electron chi connectivity index (χ0n) is 15.5. The SMILES string of the molecule is COc1ccc(C(=O)c2ccc(Nc3ccc(Br)cc3[N+](=O)[O-])cc2F)c(C)c1. The van der Waals surface area contributed by atoms with E-state index in [1.54, 1.807) is 31.2 Å². The van der Waals surface area contributed by atoms with E-state index < -0.39 is 16.5 Å². The van der Waals surface area contributed by atoms with Gasteiger partial charge in [0.15, 0.2) is 5.78 Å². The molecule has 3 rings (SSSR count). The Morgan fingerprint density at radius 2 is 1.83 bits per heavy atom. The zero-order valence-corrected chi connectivity index (χ0v) is 17.1. The number of carbonyl (C=O) groups excluding carboxylic acids is 1. The maximum absolute atomic E-state index is 14.7. The Bertz CT molecular complexity index is 1120. The monoisotopic (exact) mass is 458 g/mol. The molecule has 0 fully saturated rings. The van der Waals surface area contributed by atoms with Crippen molar-refractivity contribution in [3.05, 3.63) is 91.7 Å². The molecule has 148 valence electrons. The number of nitrogens with zero attached hydrogens (tertiary/aromatic N) is 1. The average Bonchev–Trinajstić information content (AvgIpc) is 2.68. The van der Waals surface area contributed by atoms with Crippen LogP contribution < -0.4 is 10.1 Å². The Kier molecular flexibility index (Phi) is 5.93. The van der Waals surface area contributed by atoms with Crippen molar-refractivity contribution < 1.29 is 18.8 Å². The first-order valence-corrected chi connectivity index (χ1v) is 9.29. The van der Waals surface area contributed by atoms with E-state index in [2.05, 4.69) is 21.2 Å². The molecule has 3 aromatic carbocycles. The van der Waals surface area contributed by atoms with Crippen LogP contribution in [0.1, 0.15) is 21.5 Å². The van der Waals surface area contributed by atoms with Crippen LogP contribution in [0.3, 0.4) is 0 Å². The fourth-order valence-corrected chi connectivity index (χ4v) is 3.21. The van der Waals surface area contributed by atoms with Crippen LogP contribution in [0.25, 0.3) is 0 Å². The summed E-state index contributed by atoms with van der Waals surface area (Å²) in [6.45, 7) is 1.75. The van der Waals surface area contributed by atoms with Crippen molar-refractivity contribution in [2.24, 2.45) is 0 Å². The minimum absolute atomic E-state index is 0.0888. The lowest BCUT2D eigenvalue weighted by Crippen LogP contribution is -2.07. The number of ether oxygens (including phenoxy) is 1. The van der Waals surface area contributed by atoms with E-state index in [0.717, 1.165) is 6.07 Å². The summed E-state index contributed by atoms with van der Waals surface area (Å²) in [5.41, 5.74) is 1.29. The molecular weight excluding hydrogens is 443 g/mol. The number of methoxy groups -OCH3 is 1. The first-order chi connectivity index (χ1) is 13.8. The summed E-state index contributed by atoms with van der Waals surface area (Å²) in [4.78, 5) is 23.4. The summed E-state index contributed by atoms with van der Waals surface area (Å²) in [5.74, 6) is -0.575. The van der Waals surface area contributed by atoms with Gasteiger partial charge in [0.2, 0.25) is 0 Å². The molecule has 1 N–H and O–H groups in total. The number of carbonyl (C=O) groups is 1. The molecule has 0 spiro atoms. The number of rotatable bonds is 6. The first-order valence-electron chi connectivity index (χ1n) is 8.50. The topological polar surface area (TPSA) is 81.5 Å². The highest BCUT2D eigenvalue weighted by Crippen LogP contribution is 2.31. The van der Waals surface area contributed by atoms with Crippen LogP contribution in [0.2, 0.25) is 0 Å². The molecule has 0 aliphatic carbocycles. The minimum atomic E-state index is -0.727. The standard InChI is InChI=1S/C21H16BrFN2O4/c1-12-9-15(29-2)5-7-16(12)21(26)17-6-4-14(11-18(17)23)24-19-8-3-13(22)10-20(19)25(27)28/h3-11,24H,1-2H3. The van der Waals surface area contributed by atoms with E-state index in [1.807, 2.05) is 0 Å². The molecule has 8 heteroatoms. The largest absolute Gasteiger partial charge is 0.497 e. The number of hydrogen-bond donors (Lipinski definition) is 1. The van der Waals surface area contributed by atoms with Crippen LogP contribution in [-0.4, -0.2) is 17.8 Å². The van der Waals surface area contributed by atoms with Gasteiger partial charge in [0.25, 0.3) is 5.69 Å². The van der Waals surface area contributed by atoms with Crippen molar-refractivity contribution in [2.75, 3.05) is 12.4 Å². The van der Waals surface area contributed by atoms with Crippen molar-refractivity contribution in [1.82, 2.24) is 0 Å². The molecule has 0 aliphatic rings. The van der Waals surface area contributed by atoms with E-state index in [0.29, 0.717) is 21.3 Å². The lowest BCUT2D eigenvalue weighted by atomic mass is 9.98. The van der Waals surface area contributed by atoms with Crippen molar-refractivity contribution in [1.29, 1.82) is 0 Å². The van der Waals surface area contributed by atoms with Gasteiger partial charge in [-0.25, -0.2) is 4.39 Å². The number of nitrogens with one attached hydrogen (secondary N) is 1. The van der Waals surface area contributed by atoms with Gasteiger partial charge in [-0.15, -0.1) is 0 Å². The first kappa shape index (κ1) is 20.5. The third kappa shape index (κ3) is 4.43. The van der Waals surface area contributed by atoms with Crippen molar-refractivity contribution in [2.45, 2.75) is 6.92 Å². The molecule has 0 aliphatic heterocycles. The van der Waals surface area contributed by atoms with Gasteiger partial charge >= 0.3 is 0 Å².